The van der Waals surface area contributed by atoms with Crippen LogP contribution in [0.3, 0.4) is 0 Å². The van der Waals surface area contributed by atoms with Crippen molar-refractivity contribution in [2.45, 2.75) is 32.2 Å². The summed E-state index contributed by atoms with van der Waals surface area (Å²) in [5, 5.41) is 19.0. The molecule has 0 aliphatic carbocycles. The van der Waals surface area contributed by atoms with Crippen LogP contribution in [0.15, 0.2) is 59.6 Å². The fraction of sp³-hybridized carbons (Fsp3) is 0.217. The topological polar surface area (TPSA) is 83.4 Å². The smallest absolute Gasteiger partial charge is 0.301 e. The van der Waals surface area contributed by atoms with Crippen molar-refractivity contribution in [3.05, 3.63) is 82.1 Å². The summed E-state index contributed by atoms with van der Waals surface area (Å²) in [5.74, 6) is -2.47. The first kappa shape index (κ1) is 20.9. The normalized spacial score (nSPS) is 18.6. The van der Waals surface area contributed by atoms with E-state index in [9.17, 15) is 19.1 Å². The summed E-state index contributed by atoms with van der Waals surface area (Å²) in [6.07, 6.45) is 0. The van der Waals surface area contributed by atoms with Crippen molar-refractivity contribution in [2.24, 2.45) is 0 Å². The molecule has 0 radical (unpaired) electrons. The summed E-state index contributed by atoms with van der Waals surface area (Å²) in [4.78, 5) is 27.2. The van der Waals surface area contributed by atoms with Crippen LogP contribution in [-0.4, -0.2) is 27.0 Å². The Labute approximate surface area is 182 Å². The number of aliphatic hydroxyl groups excluding tert-OH is 1. The van der Waals surface area contributed by atoms with Crippen LogP contribution in [0.1, 0.15) is 43.5 Å². The Morgan fingerprint density at radius 3 is 2.26 bits per heavy atom. The van der Waals surface area contributed by atoms with Crippen LogP contribution in [0.25, 0.3) is 5.76 Å². The molecule has 1 fully saturated rings. The summed E-state index contributed by atoms with van der Waals surface area (Å²) in [6.45, 7) is 6.26. The van der Waals surface area contributed by atoms with Crippen molar-refractivity contribution in [2.75, 3.05) is 4.90 Å². The Hall–Kier alpha value is -3.39. The number of Topliss-reactive ketones (excluding diaryl/α,β-unsaturated/α-hetero) is 1. The maximum absolute atomic E-state index is 13.3. The molecule has 0 bridgehead atoms. The molecule has 1 N–H and O–H groups in total. The van der Waals surface area contributed by atoms with Crippen LogP contribution in [0.2, 0.25) is 0 Å². The first-order chi connectivity index (χ1) is 14.7. The molecule has 1 aromatic heterocycles. The molecule has 0 spiro atoms. The van der Waals surface area contributed by atoms with Crippen molar-refractivity contribution in [3.8, 4) is 0 Å². The average Bonchev–Trinajstić information content (AvgIpc) is 3.34. The highest BCUT2D eigenvalue weighted by Gasteiger charge is 2.48. The lowest BCUT2D eigenvalue weighted by Gasteiger charge is -2.24. The number of nitrogens with zero attached hydrogens (tertiary/aromatic N) is 3. The van der Waals surface area contributed by atoms with Crippen LogP contribution in [0.5, 0.6) is 0 Å². The van der Waals surface area contributed by atoms with E-state index in [0.717, 1.165) is 16.9 Å². The summed E-state index contributed by atoms with van der Waals surface area (Å²) in [5.41, 5.74) is 3.29. The lowest BCUT2D eigenvalue weighted by molar-refractivity contribution is -0.132. The third-order valence-electron chi connectivity index (χ3n) is 5.21. The maximum Gasteiger partial charge on any atom is 0.301 e. The number of hydrogen-bond donors (Lipinski definition) is 1. The van der Waals surface area contributed by atoms with Gasteiger partial charge in [0, 0.05) is 5.56 Å². The van der Waals surface area contributed by atoms with E-state index in [4.69, 9.17) is 0 Å². The van der Waals surface area contributed by atoms with Gasteiger partial charge in [0.2, 0.25) is 5.13 Å². The van der Waals surface area contributed by atoms with Gasteiger partial charge >= 0.3 is 5.91 Å². The molecule has 6 nitrogen and oxygen atoms in total. The van der Waals surface area contributed by atoms with Gasteiger partial charge in [-0.25, -0.2) is 4.39 Å². The number of benzene rings is 2. The van der Waals surface area contributed by atoms with Gasteiger partial charge in [-0.05, 0) is 40.8 Å². The van der Waals surface area contributed by atoms with E-state index in [1.165, 1.54) is 34.7 Å². The number of amides is 1. The number of carbonyl (C=O) groups excluding carboxylic acids is 2. The Bertz CT molecular complexity index is 1160. The SMILES string of the molecule is CC(C)(C)c1ccc([C@@H]2/C(=C(\O)c3ccc(F)cc3)C(=O)C(=O)N2c2nncs2)cc1. The van der Waals surface area contributed by atoms with E-state index in [2.05, 4.69) is 31.0 Å². The number of ketones is 1. The zero-order valence-electron chi connectivity index (χ0n) is 17.2. The number of carbonyl (C=O) groups is 2. The van der Waals surface area contributed by atoms with Gasteiger partial charge in [-0.3, -0.25) is 14.5 Å². The molecule has 1 aliphatic rings. The predicted molar refractivity (Wildman–Crippen MR) is 116 cm³/mol. The minimum Gasteiger partial charge on any atom is -0.507 e. The van der Waals surface area contributed by atoms with Gasteiger partial charge in [0.05, 0.1) is 11.6 Å². The van der Waals surface area contributed by atoms with Gasteiger partial charge in [0.15, 0.2) is 0 Å². The largest absolute Gasteiger partial charge is 0.507 e. The van der Waals surface area contributed by atoms with Gasteiger partial charge in [-0.2, -0.15) is 0 Å². The van der Waals surface area contributed by atoms with Gasteiger partial charge in [-0.15, -0.1) is 10.2 Å². The minimum atomic E-state index is -0.882. The number of anilines is 1. The highest BCUT2D eigenvalue weighted by molar-refractivity contribution is 7.13. The lowest BCUT2D eigenvalue weighted by atomic mass is 9.85. The molecule has 8 heteroatoms. The molecule has 1 aliphatic heterocycles. The monoisotopic (exact) mass is 437 g/mol. The molecule has 0 unspecified atom stereocenters. The minimum absolute atomic E-state index is 0.0738. The standard InChI is InChI=1S/C23H20FN3O3S/c1-23(2,3)15-8-4-13(5-9-15)18-17(19(28)14-6-10-16(24)11-7-14)20(29)21(30)27(18)22-26-25-12-31-22/h4-12,18,28H,1-3H3/b19-17+/t18-/m1/s1. The van der Waals surface area contributed by atoms with E-state index < -0.39 is 23.5 Å². The Morgan fingerprint density at radius 2 is 1.71 bits per heavy atom. The fourth-order valence-corrected chi connectivity index (χ4v) is 4.13. The molecule has 1 atom stereocenters. The van der Waals surface area contributed by atoms with E-state index in [-0.39, 0.29) is 27.4 Å². The number of rotatable bonds is 3. The Morgan fingerprint density at radius 1 is 1.06 bits per heavy atom. The van der Waals surface area contributed by atoms with Crippen LogP contribution in [0.4, 0.5) is 9.52 Å². The second-order valence-electron chi connectivity index (χ2n) is 8.27. The van der Waals surface area contributed by atoms with Crippen LogP contribution >= 0.6 is 11.3 Å². The van der Waals surface area contributed by atoms with Gasteiger partial charge < -0.3 is 5.11 Å². The molecule has 2 aromatic carbocycles. The molecule has 2 heterocycles. The van der Waals surface area contributed by atoms with E-state index >= 15 is 0 Å². The Kier molecular flexibility index (Phi) is 5.18. The second kappa shape index (κ2) is 7.70. The van der Waals surface area contributed by atoms with Crippen LogP contribution in [0, 0.1) is 5.82 Å². The fourth-order valence-electron chi connectivity index (χ4n) is 3.55. The molecule has 158 valence electrons. The van der Waals surface area contributed by atoms with Crippen LogP contribution in [-0.2, 0) is 15.0 Å². The maximum atomic E-state index is 13.3. The first-order valence-electron chi connectivity index (χ1n) is 9.62. The molecule has 1 saturated heterocycles. The van der Waals surface area contributed by atoms with Crippen molar-refractivity contribution >= 4 is 33.9 Å². The first-order valence-corrected chi connectivity index (χ1v) is 10.5. The predicted octanol–water partition coefficient (Wildman–Crippen LogP) is 4.60. The lowest BCUT2D eigenvalue weighted by Crippen LogP contribution is -2.29. The van der Waals surface area contributed by atoms with Crippen LogP contribution < -0.4 is 4.90 Å². The van der Waals surface area contributed by atoms with Gasteiger partial charge in [0.25, 0.3) is 5.78 Å². The average molecular weight is 437 g/mol. The molecule has 4 rings (SSSR count). The number of hydrogen-bond acceptors (Lipinski definition) is 6. The van der Waals surface area contributed by atoms with Gasteiger partial charge in [0.1, 0.15) is 17.1 Å². The van der Waals surface area contributed by atoms with Gasteiger partial charge in [-0.1, -0.05) is 56.4 Å². The Balaban J connectivity index is 1.90. The van der Waals surface area contributed by atoms with Crippen molar-refractivity contribution in [1.29, 1.82) is 0 Å². The summed E-state index contributed by atoms with van der Waals surface area (Å²) >= 11 is 1.12. The zero-order valence-corrected chi connectivity index (χ0v) is 18.0. The second-order valence-corrected chi connectivity index (χ2v) is 9.08. The summed E-state index contributed by atoms with van der Waals surface area (Å²) in [7, 11) is 0. The van der Waals surface area contributed by atoms with E-state index in [1.807, 2.05) is 24.3 Å². The van der Waals surface area contributed by atoms with Crippen molar-refractivity contribution in [3.63, 3.8) is 0 Å². The molecule has 1 amide bonds. The molecular weight excluding hydrogens is 417 g/mol. The molecule has 3 aromatic rings. The third-order valence-corrected chi connectivity index (χ3v) is 5.90. The van der Waals surface area contributed by atoms with E-state index in [1.54, 1.807) is 0 Å². The molecular formula is C23H20FN3O3S. The number of halogens is 1. The highest BCUT2D eigenvalue weighted by atomic mass is 32.1. The number of aliphatic hydroxyl groups is 1. The van der Waals surface area contributed by atoms with Crippen molar-refractivity contribution < 1.29 is 19.1 Å². The summed E-state index contributed by atoms with van der Waals surface area (Å²) in [6, 6.07) is 11.8. The van der Waals surface area contributed by atoms with Crippen molar-refractivity contribution in [1.82, 2.24) is 10.2 Å². The molecule has 31 heavy (non-hydrogen) atoms. The quantitative estimate of drug-likeness (QED) is 0.368. The zero-order chi connectivity index (χ0) is 22.3. The van der Waals surface area contributed by atoms with E-state index in [0.29, 0.717) is 5.56 Å². The number of aromatic nitrogens is 2. The molecule has 0 saturated carbocycles. The third kappa shape index (κ3) is 3.74. The highest BCUT2D eigenvalue weighted by Crippen LogP contribution is 2.42. The summed E-state index contributed by atoms with van der Waals surface area (Å²) < 4.78 is 13.3.